The van der Waals surface area contributed by atoms with Gasteiger partial charge in [0.05, 0.1) is 0 Å². The van der Waals surface area contributed by atoms with Crippen LogP contribution in [-0.2, 0) is 11.2 Å². The molecule has 5 rings (SSSR count). The van der Waals surface area contributed by atoms with Crippen LogP contribution in [0.15, 0.2) is 54.9 Å². The summed E-state index contributed by atoms with van der Waals surface area (Å²) >= 11 is 0. The van der Waals surface area contributed by atoms with E-state index < -0.39 is 11.8 Å². The zero-order chi connectivity index (χ0) is 19.7. The summed E-state index contributed by atoms with van der Waals surface area (Å²) in [7, 11) is 0. The summed E-state index contributed by atoms with van der Waals surface area (Å²) in [5.74, 6) is 0.682. The Balaban J connectivity index is 1.34. The second-order valence-corrected chi connectivity index (χ2v) is 7.47. The van der Waals surface area contributed by atoms with Crippen LogP contribution in [0.1, 0.15) is 37.3 Å². The smallest absolute Gasteiger partial charge is 0.251 e. The molecule has 1 unspecified atom stereocenters. The largest absolute Gasteiger partial charge is 0.448 e. The third kappa shape index (κ3) is 3.53. The first-order chi connectivity index (χ1) is 14.2. The quantitative estimate of drug-likeness (QED) is 0.718. The number of nitrogens with one attached hydrogen (secondary N) is 1. The number of carbonyl (C=O) groups is 1. The van der Waals surface area contributed by atoms with Crippen molar-refractivity contribution in [1.82, 2.24) is 20.2 Å². The first-order valence-electron chi connectivity index (χ1n) is 9.80. The van der Waals surface area contributed by atoms with Gasteiger partial charge in [0.2, 0.25) is 5.91 Å². The summed E-state index contributed by atoms with van der Waals surface area (Å²) in [6.07, 6.45) is 5.92. The summed E-state index contributed by atoms with van der Waals surface area (Å²) in [4.78, 5) is 13.1. The Morgan fingerprint density at radius 2 is 1.90 bits per heavy atom. The van der Waals surface area contributed by atoms with Crippen LogP contribution < -0.4 is 14.8 Å². The van der Waals surface area contributed by atoms with Crippen LogP contribution >= 0.6 is 0 Å². The minimum absolute atomic E-state index is 0.199. The number of aromatic nitrogens is 4. The lowest BCUT2D eigenvalue weighted by Gasteiger charge is -2.21. The SMILES string of the molecule is O=C(Nc1ccc2c(c1)OC1(CCCC1)O2)C(Cc1ccccc1)n1cnnn1. The zero-order valence-electron chi connectivity index (χ0n) is 15.8. The van der Waals surface area contributed by atoms with Crippen molar-refractivity contribution in [2.45, 2.75) is 43.9 Å². The third-order valence-electron chi connectivity index (χ3n) is 5.43. The van der Waals surface area contributed by atoms with E-state index in [4.69, 9.17) is 9.47 Å². The van der Waals surface area contributed by atoms with Crippen molar-refractivity contribution < 1.29 is 14.3 Å². The highest BCUT2D eigenvalue weighted by molar-refractivity contribution is 5.94. The minimum Gasteiger partial charge on any atom is -0.448 e. The van der Waals surface area contributed by atoms with Crippen LogP contribution in [0.4, 0.5) is 5.69 Å². The normalized spacial score (nSPS) is 17.4. The minimum atomic E-state index is -0.570. The average Bonchev–Trinajstić information content (AvgIpc) is 3.48. The third-order valence-corrected chi connectivity index (χ3v) is 5.43. The molecule has 1 fully saturated rings. The Hall–Kier alpha value is -3.42. The van der Waals surface area contributed by atoms with E-state index in [-0.39, 0.29) is 5.91 Å². The molecule has 2 heterocycles. The Morgan fingerprint density at radius 3 is 2.66 bits per heavy atom. The van der Waals surface area contributed by atoms with Gasteiger partial charge in [-0.2, -0.15) is 0 Å². The molecule has 1 aliphatic carbocycles. The molecule has 1 atom stereocenters. The summed E-state index contributed by atoms with van der Waals surface area (Å²) in [6.45, 7) is 0. The second-order valence-electron chi connectivity index (χ2n) is 7.47. The molecule has 8 nitrogen and oxygen atoms in total. The van der Waals surface area contributed by atoms with Gasteiger partial charge < -0.3 is 14.8 Å². The number of hydrogen-bond acceptors (Lipinski definition) is 6. The van der Waals surface area contributed by atoms with Crippen molar-refractivity contribution in [2.75, 3.05) is 5.32 Å². The number of ether oxygens (including phenoxy) is 2. The second kappa shape index (κ2) is 7.20. The van der Waals surface area contributed by atoms with E-state index in [0.29, 0.717) is 17.9 Å². The van der Waals surface area contributed by atoms with Gasteiger partial charge in [-0.3, -0.25) is 4.79 Å². The molecular weight excluding hydrogens is 370 g/mol. The number of hydrogen-bond donors (Lipinski definition) is 1. The number of benzene rings is 2. The number of nitrogens with zero attached hydrogens (tertiary/aromatic N) is 4. The number of carbonyl (C=O) groups excluding carboxylic acids is 1. The fraction of sp³-hybridized carbons (Fsp3) is 0.333. The lowest BCUT2D eigenvalue weighted by Crippen LogP contribution is -2.34. The van der Waals surface area contributed by atoms with E-state index in [1.54, 1.807) is 0 Å². The number of rotatable bonds is 5. The zero-order valence-corrected chi connectivity index (χ0v) is 15.8. The van der Waals surface area contributed by atoms with Gasteiger partial charge in [0.1, 0.15) is 12.4 Å². The monoisotopic (exact) mass is 391 g/mol. The van der Waals surface area contributed by atoms with Crippen LogP contribution in [0.5, 0.6) is 11.5 Å². The van der Waals surface area contributed by atoms with E-state index in [0.717, 1.165) is 37.0 Å². The first-order valence-corrected chi connectivity index (χ1v) is 9.80. The van der Waals surface area contributed by atoms with Crippen LogP contribution in [0, 0.1) is 0 Å². The molecule has 148 valence electrons. The molecule has 8 heteroatoms. The van der Waals surface area contributed by atoms with E-state index >= 15 is 0 Å². The Kier molecular flexibility index (Phi) is 4.38. The summed E-state index contributed by atoms with van der Waals surface area (Å²) in [5.41, 5.74) is 1.68. The molecule has 1 amide bonds. The molecule has 1 spiro atoms. The lowest BCUT2D eigenvalue weighted by molar-refractivity contribution is -0.119. The molecule has 0 radical (unpaired) electrons. The molecule has 1 saturated carbocycles. The van der Waals surface area contributed by atoms with Crippen molar-refractivity contribution >= 4 is 11.6 Å². The van der Waals surface area contributed by atoms with E-state index in [1.807, 2.05) is 48.5 Å². The van der Waals surface area contributed by atoms with Crippen LogP contribution in [-0.4, -0.2) is 31.9 Å². The van der Waals surface area contributed by atoms with Crippen LogP contribution in [0.25, 0.3) is 0 Å². The molecule has 1 N–H and O–H groups in total. The average molecular weight is 391 g/mol. The van der Waals surface area contributed by atoms with Crippen molar-refractivity contribution in [3.63, 3.8) is 0 Å². The van der Waals surface area contributed by atoms with Crippen molar-refractivity contribution in [3.05, 3.63) is 60.4 Å². The Morgan fingerprint density at radius 1 is 1.10 bits per heavy atom. The number of tetrazole rings is 1. The first kappa shape index (κ1) is 17.7. The van der Waals surface area contributed by atoms with Gasteiger partial charge in [-0.15, -0.1) is 5.10 Å². The lowest BCUT2D eigenvalue weighted by atomic mass is 10.1. The molecule has 1 aromatic heterocycles. The van der Waals surface area contributed by atoms with E-state index in [2.05, 4.69) is 20.8 Å². The molecule has 3 aromatic rings. The maximum Gasteiger partial charge on any atom is 0.251 e. The topological polar surface area (TPSA) is 91.2 Å². The highest BCUT2D eigenvalue weighted by Crippen LogP contribution is 2.47. The van der Waals surface area contributed by atoms with Gasteiger partial charge >= 0.3 is 0 Å². The molecule has 0 saturated heterocycles. The predicted molar refractivity (Wildman–Crippen MR) is 105 cm³/mol. The Labute approximate surface area is 167 Å². The molecular formula is C21H21N5O3. The predicted octanol–water partition coefficient (Wildman–Crippen LogP) is 3.14. The standard InChI is InChI=1S/C21H21N5O3/c27-20(17(26-14-22-24-25-26)12-15-6-2-1-3-7-15)23-16-8-9-18-19(13-16)29-21(28-18)10-4-5-11-21/h1-3,6-9,13-14,17H,4-5,10-12H2,(H,23,27). The van der Waals surface area contributed by atoms with Gasteiger partial charge in [-0.05, 0) is 41.0 Å². The number of fused-ring (bicyclic) bond motifs is 1. The fourth-order valence-electron chi connectivity index (χ4n) is 3.97. The molecule has 0 bridgehead atoms. The fourth-order valence-corrected chi connectivity index (χ4v) is 3.97. The molecule has 1 aliphatic heterocycles. The van der Waals surface area contributed by atoms with E-state index in [1.165, 1.54) is 11.0 Å². The van der Waals surface area contributed by atoms with Crippen molar-refractivity contribution in [1.29, 1.82) is 0 Å². The van der Waals surface area contributed by atoms with Crippen molar-refractivity contribution in [2.24, 2.45) is 0 Å². The van der Waals surface area contributed by atoms with Gasteiger partial charge in [0, 0.05) is 31.0 Å². The summed E-state index contributed by atoms with van der Waals surface area (Å²) < 4.78 is 13.6. The molecule has 29 heavy (non-hydrogen) atoms. The highest BCUT2D eigenvalue weighted by Gasteiger charge is 2.44. The van der Waals surface area contributed by atoms with Crippen LogP contribution in [0.3, 0.4) is 0 Å². The highest BCUT2D eigenvalue weighted by atomic mass is 16.7. The maximum atomic E-state index is 13.1. The maximum absolute atomic E-state index is 13.1. The van der Waals surface area contributed by atoms with Crippen molar-refractivity contribution in [3.8, 4) is 11.5 Å². The summed E-state index contributed by atoms with van der Waals surface area (Å²) in [5, 5.41) is 14.3. The molecule has 2 aliphatic rings. The molecule has 2 aromatic carbocycles. The van der Waals surface area contributed by atoms with Gasteiger partial charge in [0.15, 0.2) is 11.5 Å². The van der Waals surface area contributed by atoms with Gasteiger partial charge in [0.25, 0.3) is 5.79 Å². The van der Waals surface area contributed by atoms with E-state index in [9.17, 15) is 4.79 Å². The number of amides is 1. The van der Waals surface area contributed by atoms with Gasteiger partial charge in [-0.25, -0.2) is 4.68 Å². The Bertz CT molecular complexity index is 1000. The van der Waals surface area contributed by atoms with Crippen LogP contribution in [0.2, 0.25) is 0 Å². The summed E-state index contributed by atoms with van der Waals surface area (Å²) in [6, 6.07) is 14.7. The van der Waals surface area contributed by atoms with Gasteiger partial charge in [-0.1, -0.05) is 30.3 Å². The number of anilines is 1.